The van der Waals surface area contributed by atoms with Gasteiger partial charge in [0.15, 0.2) is 0 Å². The van der Waals surface area contributed by atoms with Crippen molar-refractivity contribution in [1.82, 2.24) is 10.2 Å². The van der Waals surface area contributed by atoms with E-state index in [4.69, 9.17) is 0 Å². The molecule has 0 spiro atoms. The molecule has 0 rings (SSSR count). The summed E-state index contributed by atoms with van der Waals surface area (Å²) >= 11 is 0. The second-order valence-electron chi connectivity index (χ2n) is 5.74. The highest BCUT2D eigenvalue weighted by atomic mass is 15.1. The third kappa shape index (κ3) is 6.89. The Balaban J connectivity index is 4.07. The molecule has 0 fully saturated rings. The second-order valence-corrected chi connectivity index (χ2v) is 5.74. The maximum Gasteiger partial charge on any atom is 0.0485 e. The summed E-state index contributed by atoms with van der Waals surface area (Å²) in [5.41, 5.74) is 1.17. The van der Waals surface area contributed by atoms with Crippen molar-refractivity contribution >= 4 is 0 Å². The zero-order chi connectivity index (χ0) is 12.7. The highest BCUT2D eigenvalue weighted by Gasteiger charge is 2.16. The first-order chi connectivity index (χ1) is 7.34. The van der Waals surface area contributed by atoms with Gasteiger partial charge in [0.2, 0.25) is 0 Å². The maximum absolute atomic E-state index is 4.17. The Hall–Kier alpha value is -0.500. The minimum absolute atomic E-state index is 0.451. The molecular weight excluding hydrogens is 196 g/mol. The van der Waals surface area contributed by atoms with E-state index in [1.54, 1.807) is 0 Å². The van der Waals surface area contributed by atoms with Gasteiger partial charge in [-0.2, -0.15) is 0 Å². The number of rotatable bonds is 8. The number of hydrogen-bond donors (Lipinski definition) is 1. The standard InChI is InChI=1S/C14H30N2/c1-11(2)8-9-15-13(5)14(16(6)7)10-12(3)4/h11-12,14-15H,5,8-10H2,1-4,6-7H3. The molecular formula is C14H30N2. The van der Waals surface area contributed by atoms with Gasteiger partial charge in [-0.15, -0.1) is 0 Å². The fourth-order valence-electron chi connectivity index (χ4n) is 1.75. The molecule has 0 amide bonds. The first-order valence-corrected chi connectivity index (χ1v) is 6.43. The van der Waals surface area contributed by atoms with Crippen LogP contribution in [0.5, 0.6) is 0 Å². The van der Waals surface area contributed by atoms with Crippen molar-refractivity contribution in [2.45, 2.75) is 46.6 Å². The molecule has 0 heterocycles. The summed E-state index contributed by atoms with van der Waals surface area (Å²) in [4.78, 5) is 2.25. The summed E-state index contributed by atoms with van der Waals surface area (Å²) in [5, 5.41) is 3.46. The summed E-state index contributed by atoms with van der Waals surface area (Å²) < 4.78 is 0. The summed E-state index contributed by atoms with van der Waals surface area (Å²) in [6.45, 7) is 14.2. The molecule has 0 aliphatic heterocycles. The third-order valence-corrected chi connectivity index (χ3v) is 2.79. The quantitative estimate of drug-likeness (QED) is 0.684. The van der Waals surface area contributed by atoms with Crippen LogP contribution in [0.2, 0.25) is 0 Å². The van der Waals surface area contributed by atoms with Crippen LogP contribution in [-0.2, 0) is 0 Å². The molecule has 1 unspecified atom stereocenters. The lowest BCUT2D eigenvalue weighted by Gasteiger charge is -2.28. The smallest absolute Gasteiger partial charge is 0.0485 e. The van der Waals surface area contributed by atoms with Gasteiger partial charge < -0.3 is 10.2 Å². The van der Waals surface area contributed by atoms with E-state index < -0.39 is 0 Å². The lowest BCUT2D eigenvalue weighted by molar-refractivity contribution is 0.278. The molecule has 16 heavy (non-hydrogen) atoms. The monoisotopic (exact) mass is 226 g/mol. The molecule has 1 N–H and O–H groups in total. The maximum atomic E-state index is 4.17. The molecule has 2 nitrogen and oxygen atoms in total. The van der Waals surface area contributed by atoms with E-state index in [2.05, 4.69) is 58.6 Å². The molecule has 0 aromatic rings. The van der Waals surface area contributed by atoms with Crippen molar-refractivity contribution in [1.29, 1.82) is 0 Å². The molecule has 0 aromatic heterocycles. The van der Waals surface area contributed by atoms with E-state index >= 15 is 0 Å². The summed E-state index contributed by atoms with van der Waals surface area (Å²) in [6, 6.07) is 0.451. The number of nitrogens with zero attached hydrogens (tertiary/aromatic N) is 1. The molecule has 96 valence electrons. The van der Waals surface area contributed by atoms with Crippen LogP contribution in [0.4, 0.5) is 0 Å². The minimum Gasteiger partial charge on any atom is -0.388 e. The van der Waals surface area contributed by atoms with Crippen LogP contribution >= 0.6 is 0 Å². The molecule has 0 saturated carbocycles. The van der Waals surface area contributed by atoms with Gasteiger partial charge in [0.05, 0.1) is 0 Å². The average molecular weight is 226 g/mol. The van der Waals surface area contributed by atoms with Crippen LogP contribution in [0, 0.1) is 11.8 Å². The van der Waals surface area contributed by atoms with E-state index in [1.807, 2.05) is 0 Å². The predicted molar refractivity (Wildman–Crippen MR) is 73.5 cm³/mol. The fourth-order valence-corrected chi connectivity index (χ4v) is 1.75. The van der Waals surface area contributed by atoms with Crippen LogP contribution in [0.3, 0.4) is 0 Å². The Morgan fingerprint density at radius 3 is 2.06 bits per heavy atom. The molecule has 2 heteroatoms. The fraction of sp³-hybridized carbons (Fsp3) is 0.857. The number of nitrogens with one attached hydrogen (secondary N) is 1. The molecule has 0 aliphatic rings. The summed E-state index contributed by atoms with van der Waals surface area (Å²) in [7, 11) is 4.25. The van der Waals surface area contributed by atoms with Crippen LogP contribution in [0.1, 0.15) is 40.5 Å². The normalized spacial score (nSPS) is 13.6. The number of likely N-dealkylation sites (N-methyl/N-ethyl adjacent to an activating group) is 1. The van der Waals surface area contributed by atoms with Gasteiger partial charge in [0, 0.05) is 18.3 Å². The Morgan fingerprint density at radius 2 is 1.69 bits per heavy atom. The van der Waals surface area contributed by atoms with E-state index in [0.29, 0.717) is 12.0 Å². The van der Waals surface area contributed by atoms with Crippen molar-refractivity contribution in [3.05, 3.63) is 12.3 Å². The Labute approximate surface area is 102 Å². The lowest BCUT2D eigenvalue weighted by Crippen LogP contribution is -2.36. The van der Waals surface area contributed by atoms with Gasteiger partial charge in [-0.3, -0.25) is 0 Å². The Morgan fingerprint density at radius 1 is 1.12 bits per heavy atom. The Kier molecular flexibility index (Phi) is 7.48. The SMILES string of the molecule is C=C(NCCC(C)C)C(CC(C)C)N(C)C. The van der Waals surface area contributed by atoms with Crippen molar-refractivity contribution in [2.24, 2.45) is 11.8 Å². The minimum atomic E-state index is 0.451. The van der Waals surface area contributed by atoms with E-state index in [0.717, 1.165) is 12.5 Å². The molecule has 0 aromatic carbocycles. The van der Waals surface area contributed by atoms with E-state index in [1.165, 1.54) is 18.5 Å². The largest absolute Gasteiger partial charge is 0.388 e. The van der Waals surface area contributed by atoms with Crippen LogP contribution in [0.15, 0.2) is 12.3 Å². The highest BCUT2D eigenvalue weighted by molar-refractivity contribution is 5.03. The molecule has 0 aliphatic carbocycles. The summed E-state index contributed by atoms with van der Waals surface area (Å²) in [6.07, 6.45) is 2.38. The highest BCUT2D eigenvalue weighted by Crippen LogP contribution is 2.14. The molecule has 0 radical (unpaired) electrons. The first-order valence-electron chi connectivity index (χ1n) is 6.43. The summed E-state index contributed by atoms with van der Waals surface area (Å²) in [5.74, 6) is 1.46. The first kappa shape index (κ1) is 15.5. The zero-order valence-corrected chi connectivity index (χ0v) is 12.0. The van der Waals surface area contributed by atoms with Crippen LogP contribution in [-0.4, -0.2) is 31.6 Å². The third-order valence-electron chi connectivity index (χ3n) is 2.79. The van der Waals surface area contributed by atoms with E-state index in [9.17, 15) is 0 Å². The molecule has 0 bridgehead atoms. The lowest BCUT2D eigenvalue weighted by atomic mass is 10.0. The van der Waals surface area contributed by atoms with Crippen molar-refractivity contribution in [3.63, 3.8) is 0 Å². The topological polar surface area (TPSA) is 15.3 Å². The predicted octanol–water partition coefficient (Wildman–Crippen LogP) is 3.11. The second kappa shape index (κ2) is 7.72. The Bertz CT molecular complexity index is 195. The van der Waals surface area contributed by atoms with Gasteiger partial charge in [-0.1, -0.05) is 34.3 Å². The van der Waals surface area contributed by atoms with Crippen molar-refractivity contribution in [3.8, 4) is 0 Å². The van der Waals surface area contributed by atoms with E-state index in [-0.39, 0.29) is 0 Å². The molecule has 1 atom stereocenters. The van der Waals surface area contributed by atoms with Crippen LogP contribution < -0.4 is 5.32 Å². The van der Waals surface area contributed by atoms with Gasteiger partial charge in [-0.25, -0.2) is 0 Å². The van der Waals surface area contributed by atoms with Gasteiger partial charge >= 0.3 is 0 Å². The van der Waals surface area contributed by atoms with Crippen LogP contribution in [0.25, 0.3) is 0 Å². The zero-order valence-electron chi connectivity index (χ0n) is 12.0. The number of hydrogen-bond acceptors (Lipinski definition) is 2. The van der Waals surface area contributed by atoms with Crippen molar-refractivity contribution < 1.29 is 0 Å². The van der Waals surface area contributed by atoms with Gasteiger partial charge in [-0.05, 0) is 38.8 Å². The van der Waals surface area contributed by atoms with Crippen molar-refractivity contribution in [2.75, 3.05) is 20.6 Å². The van der Waals surface area contributed by atoms with Gasteiger partial charge in [0.25, 0.3) is 0 Å². The van der Waals surface area contributed by atoms with Gasteiger partial charge in [0.1, 0.15) is 0 Å². The average Bonchev–Trinajstić information content (AvgIpc) is 2.12. The molecule has 0 saturated heterocycles.